The summed E-state index contributed by atoms with van der Waals surface area (Å²) in [6.45, 7) is 1.66. The highest BCUT2D eigenvalue weighted by atomic mass is 16.5. The van der Waals surface area contributed by atoms with E-state index in [2.05, 4.69) is 5.18 Å². The number of benzene rings is 2. The Labute approximate surface area is 244 Å². The largest absolute Gasteiger partial charge is 0.510 e. The molecule has 3 aliphatic rings. The maximum absolute atomic E-state index is 14.0. The highest BCUT2D eigenvalue weighted by Gasteiger charge is 2.68. The first-order valence-electron chi connectivity index (χ1n) is 13.3. The standard InChI is InChI=1S/C30H29N3O10/c1-12-15-5-4-6-16(35)19(15)24(37)20-18(12)26(43-17(36)11-13-7-9-14(34)10-8-13)22-23(33(2)3)25(38)21(29(31)40)28(39)30(22,41)27(20)32-42/h4-10,12,18,22-23,26,34-35,38,41H,11H2,1-3H3,(H2,31,40)/t12-,18+,22+,23-,26-,30-/m0/s1. The lowest BCUT2D eigenvalue weighted by atomic mass is 9.54. The Morgan fingerprint density at radius 2 is 1.72 bits per heavy atom. The number of carbonyl (C=O) groups excluding carboxylic acids is 4. The minimum atomic E-state index is -3.04. The van der Waals surface area contributed by atoms with Crippen molar-refractivity contribution < 1.29 is 44.3 Å². The van der Waals surface area contributed by atoms with Crippen LogP contribution in [0.3, 0.4) is 0 Å². The molecule has 1 amide bonds. The first-order chi connectivity index (χ1) is 20.2. The van der Waals surface area contributed by atoms with Crippen LogP contribution in [0, 0.1) is 16.7 Å². The lowest BCUT2D eigenvalue weighted by molar-refractivity contribution is -0.175. The SMILES string of the molecule is C[C@H]1c2cccc(O)c2C(=O)C2=C(N=O)[C@]3(O)C(=O)C(C(N)=O)=C(O)[C@@H](N(C)C)[C@@H]3[C@@H](OC(=O)Cc3ccc(O)cc3)[C@@H]21. The minimum absolute atomic E-state index is 0.0309. The Morgan fingerprint density at radius 1 is 1.07 bits per heavy atom. The lowest BCUT2D eigenvalue weighted by Crippen LogP contribution is -2.69. The number of nitrogens with two attached hydrogens (primary N) is 1. The number of primary amides is 1. The maximum atomic E-state index is 14.0. The van der Waals surface area contributed by atoms with Crippen LogP contribution >= 0.6 is 0 Å². The normalized spacial score (nSPS) is 28.3. The number of esters is 1. The number of aromatic hydroxyl groups is 2. The van der Waals surface area contributed by atoms with Gasteiger partial charge >= 0.3 is 5.97 Å². The van der Waals surface area contributed by atoms with Gasteiger partial charge in [0.25, 0.3) is 5.91 Å². The Kier molecular flexibility index (Phi) is 7.19. The van der Waals surface area contributed by atoms with E-state index in [1.54, 1.807) is 13.0 Å². The second-order valence-electron chi connectivity index (χ2n) is 11.2. The number of aliphatic hydroxyl groups excluding tert-OH is 1. The second-order valence-corrected chi connectivity index (χ2v) is 11.2. The molecule has 0 saturated heterocycles. The highest BCUT2D eigenvalue weighted by Crippen LogP contribution is 2.57. The van der Waals surface area contributed by atoms with E-state index in [4.69, 9.17) is 10.5 Å². The quantitative estimate of drug-likeness (QED) is 0.183. The van der Waals surface area contributed by atoms with E-state index >= 15 is 0 Å². The number of hydrogen-bond acceptors (Lipinski definition) is 12. The van der Waals surface area contributed by atoms with Gasteiger partial charge in [0.2, 0.25) is 5.78 Å². The number of carbonyl (C=O) groups is 4. The molecule has 5 rings (SSSR count). The molecule has 6 atom stereocenters. The third-order valence-corrected chi connectivity index (χ3v) is 8.61. The summed E-state index contributed by atoms with van der Waals surface area (Å²) >= 11 is 0. The van der Waals surface area contributed by atoms with E-state index in [1.165, 1.54) is 55.4 Å². The Balaban J connectivity index is 1.79. The Morgan fingerprint density at radius 3 is 2.30 bits per heavy atom. The molecule has 224 valence electrons. The van der Waals surface area contributed by atoms with Gasteiger partial charge < -0.3 is 30.9 Å². The number of phenols is 2. The Hall–Kier alpha value is -4.88. The van der Waals surface area contributed by atoms with Gasteiger partial charge in [-0.25, -0.2) is 0 Å². The van der Waals surface area contributed by atoms with Crippen LogP contribution < -0.4 is 5.73 Å². The summed E-state index contributed by atoms with van der Waals surface area (Å²) < 4.78 is 5.98. The number of hydrogen-bond donors (Lipinski definition) is 5. The smallest absolute Gasteiger partial charge is 0.310 e. The van der Waals surface area contributed by atoms with E-state index in [9.17, 15) is 44.5 Å². The highest BCUT2D eigenvalue weighted by molar-refractivity contribution is 6.25. The minimum Gasteiger partial charge on any atom is -0.510 e. The number of phenolic OH excluding ortho intramolecular Hbond substituents is 2. The van der Waals surface area contributed by atoms with Crippen LogP contribution in [0.5, 0.6) is 11.5 Å². The van der Waals surface area contributed by atoms with Gasteiger partial charge in [-0.2, -0.15) is 0 Å². The van der Waals surface area contributed by atoms with E-state index < -0.39 is 87.3 Å². The van der Waals surface area contributed by atoms with Crippen molar-refractivity contribution in [1.82, 2.24) is 4.90 Å². The van der Waals surface area contributed by atoms with Crippen molar-refractivity contribution in [3.8, 4) is 11.5 Å². The van der Waals surface area contributed by atoms with E-state index in [-0.39, 0.29) is 17.7 Å². The third-order valence-electron chi connectivity index (χ3n) is 8.61. The number of likely N-dealkylation sites (N-methyl/N-ethyl adjacent to an activating group) is 1. The zero-order chi connectivity index (χ0) is 31.5. The summed E-state index contributed by atoms with van der Waals surface area (Å²) in [5.74, 6) is -9.48. The molecule has 13 heteroatoms. The molecule has 0 unspecified atom stereocenters. The Bertz CT molecular complexity index is 1640. The van der Waals surface area contributed by atoms with Crippen LogP contribution in [0.15, 0.2) is 70.2 Å². The molecule has 2 aromatic carbocycles. The predicted octanol–water partition coefficient (Wildman–Crippen LogP) is 1.36. The molecule has 0 fully saturated rings. The van der Waals surface area contributed by atoms with Crippen molar-refractivity contribution in [3.63, 3.8) is 0 Å². The van der Waals surface area contributed by atoms with Gasteiger partial charge in [-0.15, -0.1) is 4.91 Å². The fourth-order valence-corrected chi connectivity index (χ4v) is 6.79. The molecule has 0 heterocycles. The van der Waals surface area contributed by atoms with Crippen LogP contribution in [0.25, 0.3) is 0 Å². The molecule has 3 aliphatic carbocycles. The number of amides is 1. The van der Waals surface area contributed by atoms with Gasteiger partial charge in [-0.1, -0.05) is 31.2 Å². The summed E-state index contributed by atoms with van der Waals surface area (Å²) in [6, 6.07) is 8.64. The van der Waals surface area contributed by atoms with Crippen molar-refractivity contribution >= 4 is 23.4 Å². The summed E-state index contributed by atoms with van der Waals surface area (Å²) in [5, 5.41) is 46.6. The molecule has 0 spiro atoms. The number of nitroso groups, excluding NO2 is 1. The predicted molar refractivity (Wildman–Crippen MR) is 149 cm³/mol. The number of aliphatic hydroxyl groups is 2. The van der Waals surface area contributed by atoms with Gasteiger partial charge in [0.1, 0.15) is 34.6 Å². The number of rotatable bonds is 6. The van der Waals surface area contributed by atoms with Crippen LogP contribution in [0.1, 0.15) is 34.3 Å². The average Bonchev–Trinajstić information content (AvgIpc) is 2.93. The van der Waals surface area contributed by atoms with E-state index in [0.29, 0.717) is 11.1 Å². The zero-order valence-electron chi connectivity index (χ0n) is 23.3. The molecule has 13 nitrogen and oxygen atoms in total. The molecule has 0 bridgehead atoms. The van der Waals surface area contributed by atoms with Crippen LogP contribution in [-0.4, -0.2) is 80.6 Å². The van der Waals surface area contributed by atoms with Crippen molar-refractivity contribution in [3.05, 3.63) is 86.7 Å². The number of fused-ring (bicyclic) bond motifs is 3. The van der Waals surface area contributed by atoms with Crippen molar-refractivity contribution in [2.24, 2.45) is 22.7 Å². The number of Topliss-reactive ketones (excluding diaryl/α,β-unsaturated/α-hetero) is 2. The molecular weight excluding hydrogens is 562 g/mol. The lowest BCUT2D eigenvalue weighted by Gasteiger charge is -2.54. The summed E-state index contributed by atoms with van der Waals surface area (Å²) in [6.07, 6.45) is -1.86. The molecule has 0 radical (unpaired) electrons. The van der Waals surface area contributed by atoms with Crippen LogP contribution in [0.2, 0.25) is 0 Å². The van der Waals surface area contributed by atoms with Gasteiger partial charge in [-0.05, 0) is 54.5 Å². The zero-order valence-corrected chi connectivity index (χ0v) is 23.3. The second kappa shape index (κ2) is 10.4. The monoisotopic (exact) mass is 591 g/mol. The summed E-state index contributed by atoms with van der Waals surface area (Å²) in [7, 11) is 2.92. The van der Waals surface area contributed by atoms with E-state index in [0.717, 1.165) is 0 Å². The van der Waals surface area contributed by atoms with E-state index in [1.807, 2.05) is 0 Å². The van der Waals surface area contributed by atoms with Gasteiger partial charge in [0.05, 0.1) is 23.9 Å². The number of ketones is 2. The number of nitrogens with zero attached hydrogens (tertiary/aromatic N) is 2. The molecule has 6 N–H and O–H groups in total. The first kappa shape index (κ1) is 29.6. The van der Waals surface area contributed by atoms with Crippen LogP contribution in [-0.2, 0) is 25.5 Å². The third kappa shape index (κ3) is 4.31. The molecule has 43 heavy (non-hydrogen) atoms. The maximum Gasteiger partial charge on any atom is 0.310 e. The molecule has 2 aromatic rings. The fraction of sp³-hybridized carbons (Fsp3) is 0.333. The van der Waals surface area contributed by atoms with Gasteiger partial charge in [0.15, 0.2) is 11.4 Å². The first-order valence-corrected chi connectivity index (χ1v) is 13.3. The van der Waals surface area contributed by atoms with Crippen molar-refractivity contribution in [2.75, 3.05) is 14.1 Å². The van der Waals surface area contributed by atoms with Crippen molar-refractivity contribution in [1.29, 1.82) is 0 Å². The van der Waals surface area contributed by atoms with Crippen LogP contribution in [0.4, 0.5) is 0 Å². The summed E-state index contributed by atoms with van der Waals surface area (Å²) in [4.78, 5) is 67.5. The molecular formula is C30H29N3O10. The fourth-order valence-electron chi connectivity index (χ4n) is 6.79. The summed E-state index contributed by atoms with van der Waals surface area (Å²) in [5.41, 5.74) is 0.630. The van der Waals surface area contributed by atoms with Crippen molar-refractivity contribution in [2.45, 2.75) is 37.0 Å². The van der Waals surface area contributed by atoms with Gasteiger partial charge in [0, 0.05) is 11.5 Å². The van der Waals surface area contributed by atoms with Gasteiger partial charge in [-0.3, -0.25) is 24.1 Å². The molecule has 0 aromatic heterocycles. The molecule has 0 aliphatic heterocycles. The average molecular weight is 592 g/mol. The topological polar surface area (TPSA) is 217 Å². The number of ether oxygens (including phenoxy) is 1. The molecule has 0 saturated carbocycles.